The second-order valence-corrected chi connectivity index (χ2v) is 7.22. The number of esters is 1. The Bertz CT molecular complexity index is 1220. The molecular weight excluding hydrogens is 419 g/mol. The summed E-state index contributed by atoms with van der Waals surface area (Å²) in [5, 5.41) is 0. The van der Waals surface area contributed by atoms with Crippen LogP contribution in [-0.4, -0.2) is 26.3 Å². The van der Waals surface area contributed by atoms with Gasteiger partial charge in [0.25, 0.3) is 0 Å². The van der Waals surface area contributed by atoms with Crippen molar-refractivity contribution < 1.29 is 32.5 Å². The molecule has 0 radical (unpaired) electrons. The SMILES string of the molecule is COC(=O)[C@H]1Oc2cc(C)oc(=O)c2[C@H]1c1cccc(OC)c1OCc1ccccc1F. The van der Waals surface area contributed by atoms with E-state index in [2.05, 4.69) is 0 Å². The Hall–Kier alpha value is -3.81. The number of para-hydroxylation sites is 1. The number of ether oxygens (including phenoxy) is 4. The van der Waals surface area contributed by atoms with Crippen molar-refractivity contribution in [1.29, 1.82) is 0 Å². The Morgan fingerprint density at radius 2 is 1.91 bits per heavy atom. The minimum absolute atomic E-state index is 0.0914. The number of halogens is 1. The molecule has 2 heterocycles. The summed E-state index contributed by atoms with van der Waals surface area (Å²) in [6.07, 6.45) is -1.14. The maximum absolute atomic E-state index is 14.1. The van der Waals surface area contributed by atoms with Crippen molar-refractivity contribution >= 4 is 5.97 Å². The molecule has 0 spiro atoms. The van der Waals surface area contributed by atoms with E-state index in [1.54, 1.807) is 49.4 Å². The molecule has 0 fully saturated rings. The summed E-state index contributed by atoms with van der Waals surface area (Å²) in [5.74, 6) is -0.754. The quantitative estimate of drug-likeness (QED) is 0.540. The molecule has 2 aromatic carbocycles. The van der Waals surface area contributed by atoms with Gasteiger partial charge in [-0.2, -0.15) is 0 Å². The van der Waals surface area contributed by atoms with Gasteiger partial charge >= 0.3 is 11.6 Å². The molecule has 0 bridgehead atoms. The third kappa shape index (κ3) is 3.79. The van der Waals surface area contributed by atoms with Gasteiger partial charge in [0.15, 0.2) is 11.5 Å². The van der Waals surface area contributed by atoms with Crippen LogP contribution in [-0.2, 0) is 16.1 Å². The van der Waals surface area contributed by atoms with Gasteiger partial charge in [-0.3, -0.25) is 0 Å². The van der Waals surface area contributed by atoms with Crippen molar-refractivity contribution in [1.82, 2.24) is 0 Å². The fourth-order valence-electron chi connectivity index (χ4n) is 3.80. The molecule has 0 unspecified atom stereocenters. The number of fused-ring (bicyclic) bond motifs is 1. The fourth-order valence-corrected chi connectivity index (χ4v) is 3.80. The highest BCUT2D eigenvalue weighted by Crippen LogP contribution is 2.46. The highest BCUT2D eigenvalue weighted by molar-refractivity contribution is 5.79. The highest BCUT2D eigenvalue weighted by atomic mass is 19.1. The van der Waals surface area contributed by atoms with Crippen LogP contribution in [0.15, 0.2) is 57.7 Å². The van der Waals surface area contributed by atoms with Crippen LogP contribution < -0.4 is 19.8 Å². The topological polar surface area (TPSA) is 84.2 Å². The molecule has 32 heavy (non-hydrogen) atoms. The summed E-state index contributed by atoms with van der Waals surface area (Å²) < 4.78 is 41.5. The smallest absolute Gasteiger partial charge is 0.348 e. The Morgan fingerprint density at radius 3 is 2.62 bits per heavy atom. The minimum atomic E-state index is -1.14. The number of rotatable bonds is 6. The summed E-state index contributed by atoms with van der Waals surface area (Å²) in [5.41, 5.74) is 0.340. The zero-order chi connectivity index (χ0) is 22.8. The lowest BCUT2D eigenvalue weighted by Crippen LogP contribution is -2.32. The molecule has 2 atom stereocenters. The van der Waals surface area contributed by atoms with E-state index in [1.165, 1.54) is 20.3 Å². The number of aryl methyl sites for hydroxylation is 1. The van der Waals surface area contributed by atoms with Gasteiger partial charge in [-0.25, -0.2) is 14.0 Å². The van der Waals surface area contributed by atoms with Crippen molar-refractivity contribution in [2.24, 2.45) is 0 Å². The molecule has 166 valence electrons. The summed E-state index contributed by atoms with van der Waals surface area (Å²) in [7, 11) is 2.70. The zero-order valence-electron chi connectivity index (χ0n) is 17.7. The third-order valence-corrected chi connectivity index (χ3v) is 5.27. The maximum Gasteiger partial charge on any atom is 0.348 e. The zero-order valence-corrected chi connectivity index (χ0v) is 17.7. The van der Waals surface area contributed by atoms with Gasteiger partial charge in [-0.05, 0) is 19.1 Å². The molecule has 1 aliphatic heterocycles. The first-order valence-corrected chi connectivity index (χ1v) is 9.86. The van der Waals surface area contributed by atoms with E-state index >= 15 is 0 Å². The Labute approximate surface area is 183 Å². The summed E-state index contributed by atoms with van der Waals surface area (Å²) in [4.78, 5) is 25.3. The van der Waals surface area contributed by atoms with Crippen LogP contribution in [0.25, 0.3) is 0 Å². The monoisotopic (exact) mass is 440 g/mol. The lowest BCUT2D eigenvalue weighted by atomic mass is 9.88. The molecule has 0 aliphatic carbocycles. The Kier molecular flexibility index (Phi) is 5.85. The van der Waals surface area contributed by atoms with Gasteiger partial charge < -0.3 is 23.4 Å². The van der Waals surface area contributed by atoms with E-state index in [-0.39, 0.29) is 23.7 Å². The van der Waals surface area contributed by atoms with E-state index in [4.69, 9.17) is 23.4 Å². The van der Waals surface area contributed by atoms with Gasteiger partial charge in [0, 0.05) is 17.2 Å². The van der Waals surface area contributed by atoms with Crippen LogP contribution in [0.3, 0.4) is 0 Å². The van der Waals surface area contributed by atoms with E-state index < -0.39 is 29.4 Å². The molecule has 0 amide bonds. The second kappa shape index (κ2) is 8.74. The first kappa shape index (κ1) is 21.4. The van der Waals surface area contributed by atoms with Gasteiger partial charge in [0.1, 0.15) is 23.9 Å². The first-order valence-electron chi connectivity index (χ1n) is 9.86. The standard InChI is InChI=1S/C24H21FO7/c1-13-11-18-20(23(26)31-13)19(22(32-18)24(27)29-3)15-8-6-10-17(28-2)21(15)30-12-14-7-4-5-9-16(14)25/h4-11,19,22H,12H2,1-3H3/t19-,22+/m1/s1. The average Bonchev–Trinajstić information content (AvgIpc) is 3.17. The lowest BCUT2D eigenvalue weighted by Gasteiger charge is -2.21. The van der Waals surface area contributed by atoms with Crippen molar-refractivity contribution in [2.45, 2.75) is 25.6 Å². The lowest BCUT2D eigenvalue weighted by molar-refractivity contribution is -0.148. The van der Waals surface area contributed by atoms with Crippen LogP contribution >= 0.6 is 0 Å². The van der Waals surface area contributed by atoms with Gasteiger partial charge in [-0.1, -0.05) is 30.3 Å². The molecule has 8 heteroatoms. The molecule has 0 saturated heterocycles. The number of benzene rings is 2. The van der Waals surface area contributed by atoms with Crippen LogP contribution in [0.2, 0.25) is 0 Å². The minimum Gasteiger partial charge on any atom is -0.493 e. The highest BCUT2D eigenvalue weighted by Gasteiger charge is 2.45. The molecule has 4 rings (SSSR count). The Morgan fingerprint density at radius 1 is 1.12 bits per heavy atom. The van der Waals surface area contributed by atoms with Crippen LogP contribution in [0.4, 0.5) is 4.39 Å². The second-order valence-electron chi connectivity index (χ2n) is 7.22. The van der Waals surface area contributed by atoms with Crippen LogP contribution in [0, 0.1) is 12.7 Å². The number of hydrogen-bond donors (Lipinski definition) is 0. The predicted octanol–water partition coefficient (Wildman–Crippen LogP) is 3.74. The van der Waals surface area contributed by atoms with Gasteiger partial charge in [0.05, 0.1) is 25.7 Å². The van der Waals surface area contributed by atoms with Crippen LogP contribution in [0.1, 0.15) is 28.4 Å². The molecular formula is C24H21FO7. The number of carbonyl (C=O) groups excluding carboxylic acids is 1. The van der Waals surface area contributed by atoms with Crippen LogP contribution in [0.5, 0.6) is 17.2 Å². The van der Waals surface area contributed by atoms with Crippen molar-refractivity contribution in [3.8, 4) is 17.2 Å². The molecule has 0 N–H and O–H groups in total. The average molecular weight is 440 g/mol. The molecule has 1 aromatic heterocycles. The number of hydrogen-bond acceptors (Lipinski definition) is 7. The van der Waals surface area contributed by atoms with Crippen molar-refractivity contribution in [3.63, 3.8) is 0 Å². The van der Waals surface area contributed by atoms with Gasteiger partial charge in [0.2, 0.25) is 6.10 Å². The summed E-state index contributed by atoms with van der Waals surface area (Å²) in [6.45, 7) is 1.52. The molecule has 7 nitrogen and oxygen atoms in total. The third-order valence-electron chi connectivity index (χ3n) is 5.27. The normalized spacial score (nSPS) is 16.8. The summed E-state index contributed by atoms with van der Waals surface area (Å²) in [6, 6.07) is 12.8. The molecule has 0 saturated carbocycles. The predicted molar refractivity (Wildman–Crippen MR) is 112 cm³/mol. The fraction of sp³-hybridized carbons (Fsp3) is 0.250. The van der Waals surface area contributed by atoms with Crippen molar-refractivity contribution in [3.05, 3.63) is 87.2 Å². The molecule has 3 aromatic rings. The Balaban J connectivity index is 1.84. The van der Waals surface area contributed by atoms with E-state index in [0.717, 1.165) is 0 Å². The molecule has 1 aliphatic rings. The number of carbonyl (C=O) groups is 1. The van der Waals surface area contributed by atoms with E-state index in [0.29, 0.717) is 22.6 Å². The van der Waals surface area contributed by atoms with Crippen molar-refractivity contribution in [2.75, 3.05) is 14.2 Å². The largest absolute Gasteiger partial charge is 0.493 e. The number of methoxy groups -OCH3 is 2. The van der Waals surface area contributed by atoms with E-state index in [1.807, 2.05) is 0 Å². The maximum atomic E-state index is 14.1. The first-order chi connectivity index (χ1) is 15.4. The van der Waals surface area contributed by atoms with E-state index in [9.17, 15) is 14.0 Å². The summed E-state index contributed by atoms with van der Waals surface area (Å²) >= 11 is 0. The van der Waals surface area contributed by atoms with Gasteiger partial charge in [-0.15, -0.1) is 0 Å².